The lowest BCUT2D eigenvalue weighted by Crippen LogP contribution is -2.33. The second-order valence-electron chi connectivity index (χ2n) is 5.62. The van der Waals surface area contributed by atoms with Gasteiger partial charge < -0.3 is 10.0 Å². The lowest BCUT2D eigenvalue weighted by molar-refractivity contribution is 0.0761. The van der Waals surface area contributed by atoms with Gasteiger partial charge >= 0.3 is 0 Å². The maximum absolute atomic E-state index is 12.5. The molecule has 104 valence electrons. The van der Waals surface area contributed by atoms with Gasteiger partial charge in [-0.05, 0) is 25.0 Å². The third-order valence-electron chi connectivity index (χ3n) is 3.59. The van der Waals surface area contributed by atoms with Crippen molar-refractivity contribution < 1.29 is 9.90 Å². The van der Waals surface area contributed by atoms with Crippen molar-refractivity contribution in [3.8, 4) is 5.75 Å². The van der Waals surface area contributed by atoms with E-state index in [9.17, 15) is 9.90 Å². The average Bonchev–Trinajstić information content (AvgIpc) is 2.53. The number of hydrogen-bond acceptors (Lipinski definition) is 3. The first-order valence-electron chi connectivity index (χ1n) is 6.62. The molecule has 1 fully saturated rings. The van der Waals surface area contributed by atoms with Crippen LogP contribution in [0.2, 0.25) is 0 Å². The molecule has 1 saturated heterocycles. The molecule has 1 aromatic rings. The monoisotopic (exact) mass is 279 g/mol. The van der Waals surface area contributed by atoms with Gasteiger partial charge in [-0.25, -0.2) is 0 Å². The van der Waals surface area contributed by atoms with Gasteiger partial charge in [0.1, 0.15) is 5.75 Å². The quantitative estimate of drug-likeness (QED) is 0.859. The van der Waals surface area contributed by atoms with Crippen molar-refractivity contribution in [2.24, 2.45) is 0 Å². The summed E-state index contributed by atoms with van der Waals surface area (Å²) in [5.74, 6) is 1.01. The first-order chi connectivity index (χ1) is 8.91. The number of carbonyl (C=O) groups is 1. The van der Waals surface area contributed by atoms with Gasteiger partial charge in [0.15, 0.2) is 0 Å². The molecule has 3 nitrogen and oxygen atoms in total. The molecule has 0 unspecified atom stereocenters. The fraction of sp³-hybridized carbons (Fsp3) is 0.533. The Morgan fingerprint density at radius 1 is 1.37 bits per heavy atom. The Hall–Kier alpha value is -1.16. The summed E-state index contributed by atoms with van der Waals surface area (Å²) < 4.78 is 0.226. The lowest BCUT2D eigenvalue weighted by Gasteiger charge is -2.23. The van der Waals surface area contributed by atoms with Gasteiger partial charge in [0.05, 0.1) is 5.56 Å². The van der Waals surface area contributed by atoms with Crippen LogP contribution in [0.1, 0.15) is 36.2 Å². The Labute approximate surface area is 119 Å². The Balaban J connectivity index is 2.18. The molecule has 1 heterocycles. The van der Waals surface area contributed by atoms with E-state index in [0.717, 1.165) is 30.8 Å². The topological polar surface area (TPSA) is 40.5 Å². The van der Waals surface area contributed by atoms with Crippen molar-refractivity contribution in [3.63, 3.8) is 0 Å². The SMILES string of the molecule is Cc1cccc(C(=O)N2CCSC(C)(C)CC2)c1O. The Bertz CT molecular complexity index is 485. The molecule has 4 heteroatoms. The van der Waals surface area contributed by atoms with Crippen molar-refractivity contribution in [2.75, 3.05) is 18.8 Å². The van der Waals surface area contributed by atoms with Gasteiger partial charge in [0.2, 0.25) is 0 Å². The van der Waals surface area contributed by atoms with Gasteiger partial charge in [0, 0.05) is 23.6 Å². The number of rotatable bonds is 1. The summed E-state index contributed by atoms with van der Waals surface area (Å²) in [4.78, 5) is 14.4. The van der Waals surface area contributed by atoms with Crippen molar-refractivity contribution >= 4 is 17.7 Å². The van der Waals surface area contributed by atoms with Crippen LogP contribution in [0.15, 0.2) is 18.2 Å². The van der Waals surface area contributed by atoms with Gasteiger partial charge in [-0.1, -0.05) is 26.0 Å². The number of phenols is 1. The minimum atomic E-state index is -0.0560. The third-order valence-corrected chi connectivity index (χ3v) is 4.97. The smallest absolute Gasteiger partial charge is 0.257 e. The summed E-state index contributed by atoms with van der Waals surface area (Å²) in [6.07, 6.45) is 0.982. The van der Waals surface area contributed by atoms with Crippen molar-refractivity contribution in [1.82, 2.24) is 4.90 Å². The fourth-order valence-electron chi connectivity index (χ4n) is 2.23. The second kappa shape index (κ2) is 5.45. The van der Waals surface area contributed by atoms with Crippen LogP contribution in [0, 0.1) is 6.92 Å². The maximum Gasteiger partial charge on any atom is 0.257 e. The molecule has 0 spiro atoms. The van der Waals surface area contributed by atoms with E-state index in [1.54, 1.807) is 6.07 Å². The molecule has 0 aliphatic carbocycles. The van der Waals surface area contributed by atoms with Gasteiger partial charge in [-0.2, -0.15) is 11.8 Å². The molecule has 1 N–H and O–H groups in total. The largest absolute Gasteiger partial charge is 0.507 e. The van der Waals surface area contributed by atoms with Crippen molar-refractivity contribution in [2.45, 2.75) is 31.9 Å². The summed E-state index contributed by atoms with van der Waals surface area (Å²) in [5, 5.41) is 10.0. The van der Waals surface area contributed by atoms with Crippen molar-refractivity contribution in [3.05, 3.63) is 29.3 Å². The van der Waals surface area contributed by atoms with Crippen LogP contribution in [0.25, 0.3) is 0 Å². The zero-order chi connectivity index (χ0) is 14.0. The first-order valence-corrected chi connectivity index (χ1v) is 7.61. The third kappa shape index (κ3) is 3.24. The number of benzene rings is 1. The maximum atomic E-state index is 12.5. The minimum Gasteiger partial charge on any atom is -0.507 e. The molecule has 1 aliphatic rings. The summed E-state index contributed by atoms with van der Waals surface area (Å²) in [7, 11) is 0. The molecule has 0 aromatic heterocycles. The highest BCUT2D eigenvalue weighted by atomic mass is 32.2. The second-order valence-corrected chi connectivity index (χ2v) is 7.42. The molecule has 0 radical (unpaired) electrons. The number of thioether (sulfide) groups is 1. The van der Waals surface area contributed by atoms with Crippen LogP contribution >= 0.6 is 11.8 Å². The van der Waals surface area contributed by atoms with Gasteiger partial charge in [0.25, 0.3) is 5.91 Å². The summed E-state index contributed by atoms with van der Waals surface area (Å²) >= 11 is 1.91. The summed E-state index contributed by atoms with van der Waals surface area (Å²) in [6, 6.07) is 5.33. The number of carbonyl (C=O) groups excluding carboxylic acids is 1. The molecule has 19 heavy (non-hydrogen) atoms. The van der Waals surface area contributed by atoms with Gasteiger partial charge in [-0.3, -0.25) is 4.79 Å². The number of nitrogens with zero attached hydrogens (tertiary/aromatic N) is 1. The van der Waals surface area contributed by atoms with Gasteiger partial charge in [-0.15, -0.1) is 0 Å². The summed E-state index contributed by atoms with van der Waals surface area (Å²) in [5.41, 5.74) is 1.17. The molecule has 0 saturated carbocycles. The van der Waals surface area contributed by atoms with E-state index in [4.69, 9.17) is 0 Å². The number of para-hydroxylation sites is 1. The standard InChI is InChI=1S/C15H21NO2S/c1-11-5-4-6-12(13(11)17)14(18)16-8-7-15(2,3)19-10-9-16/h4-6,17H,7-10H2,1-3H3. The molecule has 1 aliphatic heterocycles. The zero-order valence-electron chi connectivity index (χ0n) is 11.8. The molecular formula is C15H21NO2S. The fourth-order valence-corrected chi connectivity index (χ4v) is 3.33. The van der Waals surface area contributed by atoms with E-state index in [0.29, 0.717) is 5.56 Å². The minimum absolute atomic E-state index is 0.0560. The highest BCUT2D eigenvalue weighted by Gasteiger charge is 2.27. The molecule has 2 rings (SSSR count). The first kappa shape index (κ1) is 14.3. The number of aryl methyl sites for hydroxylation is 1. The number of hydrogen-bond donors (Lipinski definition) is 1. The highest BCUT2D eigenvalue weighted by molar-refractivity contribution is 8.00. The van der Waals surface area contributed by atoms with E-state index < -0.39 is 0 Å². The van der Waals surface area contributed by atoms with E-state index in [-0.39, 0.29) is 16.4 Å². The molecule has 1 amide bonds. The van der Waals surface area contributed by atoms with E-state index in [1.807, 2.05) is 35.7 Å². The predicted molar refractivity (Wildman–Crippen MR) is 79.9 cm³/mol. The number of aromatic hydroxyl groups is 1. The Kier molecular flexibility index (Phi) is 4.09. The van der Waals surface area contributed by atoms with Crippen LogP contribution in [0.5, 0.6) is 5.75 Å². The van der Waals surface area contributed by atoms with Crippen LogP contribution in [0.4, 0.5) is 0 Å². The lowest BCUT2D eigenvalue weighted by atomic mass is 10.1. The molecular weight excluding hydrogens is 258 g/mol. The summed E-state index contributed by atoms with van der Waals surface area (Å²) in [6.45, 7) is 7.76. The number of amides is 1. The molecule has 0 atom stereocenters. The molecule has 1 aromatic carbocycles. The van der Waals surface area contributed by atoms with Crippen molar-refractivity contribution in [1.29, 1.82) is 0 Å². The highest BCUT2D eigenvalue weighted by Crippen LogP contribution is 2.32. The normalized spacial score (nSPS) is 19.0. The van der Waals surface area contributed by atoms with Crippen LogP contribution in [-0.4, -0.2) is 39.5 Å². The Morgan fingerprint density at radius 2 is 2.11 bits per heavy atom. The van der Waals surface area contributed by atoms with Crippen LogP contribution in [0.3, 0.4) is 0 Å². The van der Waals surface area contributed by atoms with E-state index >= 15 is 0 Å². The zero-order valence-corrected chi connectivity index (χ0v) is 12.6. The van der Waals surface area contributed by atoms with E-state index in [2.05, 4.69) is 13.8 Å². The van der Waals surface area contributed by atoms with Crippen LogP contribution < -0.4 is 0 Å². The van der Waals surface area contributed by atoms with E-state index in [1.165, 1.54) is 0 Å². The number of phenolic OH excluding ortho intramolecular Hbond substituents is 1. The average molecular weight is 279 g/mol. The predicted octanol–water partition coefficient (Wildman–Crippen LogP) is 3.06. The Morgan fingerprint density at radius 3 is 2.84 bits per heavy atom. The van der Waals surface area contributed by atoms with Crippen LogP contribution in [-0.2, 0) is 0 Å². The molecule has 0 bridgehead atoms.